The normalized spacial score (nSPS) is 22.6. The predicted molar refractivity (Wildman–Crippen MR) is 82.4 cm³/mol. The second-order valence-electron chi connectivity index (χ2n) is 5.48. The molecule has 1 N–H and O–H groups in total. The number of pyridine rings is 1. The molecule has 1 saturated carbocycles. The van der Waals surface area contributed by atoms with E-state index in [1.165, 1.54) is 25.7 Å². The first kappa shape index (κ1) is 15.6. The Morgan fingerprint density at radius 1 is 1.25 bits per heavy atom. The average Bonchev–Trinajstić information content (AvgIpc) is 2.40. The molecule has 1 fully saturated rings. The van der Waals surface area contributed by atoms with Crippen LogP contribution in [0, 0.1) is 5.92 Å². The lowest BCUT2D eigenvalue weighted by atomic mass is 9.83. The lowest BCUT2D eigenvalue weighted by Crippen LogP contribution is -2.37. The minimum absolute atomic E-state index is 0.116. The van der Waals surface area contributed by atoms with Crippen LogP contribution in [-0.2, 0) is 0 Å². The molecule has 0 aromatic carbocycles. The van der Waals surface area contributed by atoms with Gasteiger partial charge in [-0.1, -0.05) is 43.0 Å². The van der Waals surface area contributed by atoms with Crippen LogP contribution in [0.1, 0.15) is 55.8 Å². The molecule has 5 heteroatoms. The molecule has 0 aliphatic heterocycles. The van der Waals surface area contributed by atoms with Crippen LogP contribution in [0.3, 0.4) is 0 Å². The van der Waals surface area contributed by atoms with Crippen molar-refractivity contribution < 1.29 is 4.79 Å². The van der Waals surface area contributed by atoms with E-state index >= 15 is 0 Å². The van der Waals surface area contributed by atoms with Gasteiger partial charge in [-0.25, -0.2) is 4.98 Å². The van der Waals surface area contributed by atoms with E-state index in [0.29, 0.717) is 5.56 Å². The van der Waals surface area contributed by atoms with E-state index in [1.807, 2.05) is 0 Å². The highest BCUT2D eigenvalue weighted by Gasteiger charge is 2.22. The number of rotatable bonds is 4. The number of nitrogens with zero attached hydrogens (tertiary/aromatic N) is 1. The van der Waals surface area contributed by atoms with Crippen molar-refractivity contribution in [1.82, 2.24) is 10.3 Å². The molecule has 0 unspecified atom stereocenters. The summed E-state index contributed by atoms with van der Waals surface area (Å²) >= 11 is 11.6. The van der Waals surface area contributed by atoms with Crippen LogP contribution in [0.15, 0.2) is 12.1 Å². The third kappa shape index (κ3) is 4.35. The van der Waals surface area contributed by atoms with Crippen LogP contribution in [-0.4, -0.2) is 16.9 Å². The molecule has 0 saturated heterocycles. The number of carbonyl (C=O) groups is 1. The van der Waals surface area contributed by atoms with Gasteiger partial charge >= 0.3 is 0 Å². The predicted octanol–water partition coefficient (Wildman–Crippen LogP) is 4.48. The first-order valence-electron chi connectivity index (χ1n) is 7.22. The summed E-state index contributed by atoms with van der Waals surface area (Å²) in [6.45, 7) is 2.23. The maximum absolute atomic E-state index is 12.2. The van der Waals surface area contributed by atoms with E-state index in [0.717, 1.165) is 18.8 Å². The molecular weight excluding hydrogens is 295 g/mol. The topological polar surface area (TPSA) is 42.0 Å². The zero-order valence-electron chi connectivity index (χ0n) is 11.7. The summed E-state index contributed by atoms with van der Waals surface area (Å²) < 4.78 is 0. The quantitative estimate of drug-likeness (QED) is 0.833. The standard InChI is InChI=1S/C15H20Cl2N2O/c1-2-3-10-4-6-12(7-5-10)18-15(20)11-8-13(16)19-14(17)9-11/h8-10,12H,2-7H2,1H3,(H,18,20). The molecule has 0 bridgehead atoms. The summed E-state index contributed by atoms with van der Waals surface area (Å²) in [5.74, 6) is 0.716. The Balaban J connectivity index is 1.89. The van der Waals surface area contributed by atoms with Crippen molar-refractivity contribution >= 4 is 29.1 Å². The van der Waals surface area contributed by atoms with Crippen LogP contribution < -0.4 is 5.32 Å². The molecule has 2 rings (SSSR count). The SMILES string of the molecule is CCCC1CCC(NC(=O)c2cc(Cl)nc(Cl)c2)CC1. The summed E-state index contributed by atoms with van der Waals surface area (Å²) in [6, 6.07) is 3.36. The van der Waals surface area contributed by atoms with E-state index in [9.17, 15) is 4.79 Å². The minimum Gasteiger partial charge on any atom is -0.349 e. The Labute approximate surface area is 130 Å². The number of aromatic nitrogens is 1. The van der Waals surface area contributed by atoms with Crippen molar-refractivity contribution in [2.45, 2.75) is 51.5 Å². The summed E-state index contributed by atoms with van der Waals surface area (Å²) in [5, 5.41) is 3.56. The molecule has 1 amide bonds. The Hall–Kier alpha value is -0.800. The second kappa shape index (κ2) is 7.28. The fourth-order valence-electron chi connectivity index (χ4n) is 2.87. The zero-order chi connectivity index (χ0) is 14.5. The number of hydrogen-bond donors (Lipinski definition) is 1. The molecular formula is C15H20Cl2N2O. The zero-order valence-corrected chi connectivity index (χ0v) is 13.2. The molecule has 1 aliphatic rings. The molecule has 1 aromatic rings. The summed E-state index contributed by atoms with van der Waals surface area (Å²) in [5.41, 5.74) is 0.477. The van der Waals surface area contributed by atoms with Gasteiger partial charge in [0, 0.05) is 11.6 Å². The molecule has 0 spiro atoms. The fraction of sp³-hybridized carbons (Fsp3) is 0.600. The van der Waals surface area contributed by atoms with Crippen LogP contribution >= 0.6 is 23.2 Å². The van der Waals surface area contributed by atoms with E-state index in [1.54, 1.807) is 12.1 Å². The second-order valence-corrected chi connectivity index (χ2v) is 6.26. The van der Waals surface area contributed by atoms with Gasteiger partial charge < -0.3 is 5.32 Å². The van der Waals surface area contributed by atoms with Gasteiger partial charge in [-0.05, 0) is 43.7 Å². The lowest BCUT2D eigenvalue weighted by molar-refractivity contribution is 0.0921. The monoisotopic (exact) mass is 314 g/mol. The third-order valence-corrected chi connectivity index (χ3v) is 4.29. The van der Waals surface area contributed by atoms with E-state index in [-0.39, 0.29) is 22.3 Å². The molecule has 1 aromatic heterocycles. The Kier molecular flexibility index (Phi) is 5.67. The fourth-order valence-corrected chi connectivity index (χ4v) is 3.33. The van der Waals surface area contributed by atoms with Gasteiger partial charge in [0.2, 0.25) is 0 Å². The Morgan fingerprint density at radius 3 is 2.40 bits per heavy atom. The number of hydrogen-bond acceptors (Lipinski definition) is 2. The molecule has 20 heavy (non-hydrogen) atoms. The van der Waals surface area contributed by atoms with Crippen molar-refractivity contribution in [1.29, 1.82) is 0 Å². The number of nitrogens with one attached hydrogen (secondary N) is 1. The first-order chi connectivity index (χ1) is 9.58. The highest BCUT2D eigenvalue weighted by molar-refractivity contribution is 6.33. The van der Waals surface area contributed by atoms with Gasteiger partial charge in [-0.15, -0.1) is 0 Å². The van der Waals surface area contributed by atoms with Crippen LogP contribution in [0.5, 0.6) is 0 Å². The van der Waals surface area contributed by atoms with E-state index < -0.39 is 0 Å². The molecule has 3 nitrogen and oxygen atoms in total. The molecule has 0 atom stereocenters. The molecule has 110 valence electrons. The lowest BCUT2D eigenvalue weighted by Gasteiger charge is -2.29. The van der Waals surface area contributed by atoms with E-state index in [4.69, 9.17) is 23.2 Å². The highest BCUT2D eigenvalue weighted by atomic mass is 35.5. The van der Waals surface area contributed by atoms with Crippen molar-refractivity contribution in [2.24, 2.45) is 5.92 Å². The molecule has 1 aliphatic carbocycles. The Morgan fingerprint density at radius 2 is 1.85 bits per heavy atom. The first-order valence-corrected chi connectivity index (χ1v) is 7.98. The maximum atomic E-state index is 12.2. The summed E-state index contributed by atoms with van der Waals surface area (Å²) in [4.78, 5) is 16.0. The summed E-state index contributed by atoms with van der Waals surface area (Å²) in [7, 11) is 0. The van der Waals surface area contributed by atoms with Gasteiger partial charge in [-0.2, -0.15) is 0 Å². The average molecular weight is 315 g/mol. The maximum Gasteiger partial charge on any atom is 0.251 e. The van der Waals surface area contributed by atoms with Crippen LogP contribution in [0.4, 0.5) is 0 Å². The van der Waals surface area contributed by atoms with Crippen molar-refractivity contribution in [3.63, 3.8) is 0 Å². The molecule has 0 radical (unpaired) electrons. The number of halogens is 2. The number of amides is 1. The smallest absolute Gasteiger partial charge is 0.251 e. The minimum atomic E-state index is -0.116. The van der Waals surface area contributed by atoms with Crippen molar-refractivity contribution in [3.8, 4) is 0 Å². The van der Waals surface area contributed by atoms with Gasteiger partial charge in [0.05, 0.1) is 0 Å². The van der Waals surface area contributed by atoms with Gasteiger partial charge in [-0.3, -0.25) is 4.79 Å². The highest BCUT2D eigenvalue weighted by Crippen LogP contribution is 2.28. The van der Waals surface area contributed by atoms with Crippen molar-refractivity contribution in [3.05, 3.63) is 28.0 Å². The molecule has 1 heterocycles. The number of carbonyl (C=O) groups excluding carboxylic acids is 1. The van der Waals surface area contributed by atoms with Gasteiger partial charge in [0.15, 0.2) is 0 Å². The van der Waals surface area contributed by atoms with Crippen molar-refractivity contribution in [2.75, 3.05) is 0 Å². The summed E-state index contributed by atoms with van der Waals surface area (Å²) in [6.07, 6.45) is 7.07. The van der Waals surface area contributed by atoms with E-state index in [2.05, 4.69) is 17.2 Å². The third-order valence-electron chi connectivity index (χ3n) is 3.90. The van der Waals surface area contributed by atoms with Gasteiger partial charge in [0.25, 0.3) is 5.91 Å². The van der Waals surface area contributed by atoms with Crippen LogP contribution in [0.2, 0.25) is 10.3 Å². The van der Waals surface area contributed by atoms with Crippen LogP contribution in [0.25, 0.3) is 0 Å². The largest absolute Gasteiger partial charge is 0.349 e. The van der Waals surface area contributed by atoms with Gasteiger partial charge in [0.1, 0.15) is 10.3 Å². The Bertz CT molecular complexity index is 451.